The van der Waals surface area contributed by atoms with Crippen molar-refractivity contribution < 1.29 is 14.6 Å². The van der Waals surface area contributed by atoms with Crippen molar-refractivity contribution in [1.82, 2.24) is 9.80 Å². The van der Waals surface area contributed by atoms with Gasteiger partial charge in [0.25, 0.3) is 0 Å². The summed E-state index contributed by atoms with van der Waals surface area (Å²) in [5, 5.41) is 11.0. The quantitative estimate of drug-likeness (QED) is 0.749. The van der Waals surface area contributed by atoms with E-state index in [1.54, 1.807) is 0 Å². The Hall–Kier alpha value is -1.63. The molecule has 1 N–H and O–H groups in total. The van der Waals surface area contributed by atoms with Crippen molar-refractivity contribution >= 4 is 12.4 Å². The van der Waals surface area contributed by atoms with Crippen LogP contribution < -0.4 is 4.74 Å². The summed E-state index contributed by atoms with van der Waals surface area (Å²) < 4.78 is 11.3. The van der Waals surface area contributed by atoms with Gasteiger partial charge in [-0.2, -0.15) is 0 Å². The zero-order chi connectivity index (χ0) is 19.2. The maximum absolute atomic E-state index is 11.0. The topological polar surface area (TPSA) is 45.2 Å². The van der Waals surface area contributed by atoms with E-state index in [4.69, 9.17) is 9.47 Å². The Kier molecular flexibility index (Phi) is 7.92. The van der Waals surface area contributed by atoms with E-state index in [0.717, 1.165) is 63.7 Å². The molecule has 2 aromatic rings. The highest BCUT2D eigenvalue weighted by Crippen LogP contribution is 2.32. The third-order valence-electron chi connectivity index (χ3n) is 5.75. The molecule has 2 aromatic carbocycles. The summed E-state index contributed by atoms with van der Waals surface area (Å²) >= 11 is 0. The van der Waals surface area contributed by atoms with Crippen LogP contribution in [0.25, 0.3) is 0 Å². The van der Waals surface area contributed by atoms with Gasteiger partial charge in [-0.1, -0.05) is 42.5 Å². The molecule has 0 bridgehead atoms. The number of hydrogen-bond acceptors (Lipinski definition) is 5. The number of hydrogen-bond donors (Lipinski definition) is 1. The van der Waals surface area contributed by atoms with Crippen LogP contribution >= 0.6 is 12.4 Å². The molecule has 0 aliphatic carbocycles. The molecule has 158 valence electrons. The summed E-state index contributed by atoms with van der Waals surface area (Å²) in [6.45, 7) is 7.71. The van der Waals surface area contributed by atoms with Crippen LogP contribution in [0.4, 0.5) is 0 Å². The minimum absolute atomic E-state index is 0. The van der Waals surface area contributed by atoms with E-state index in [1.807, 2.05) is 42.5 Å². The second-order valence-corrected chi connectivity index (χ2v) is 7.80. The Balaban J connectivity index is 0.00000240. The Morgan fingerprint density at radius 2 is 1.66 bits per heavy atom. The molecule has 2 aliphatic rings. The van der Waals surface area contributed by atoms with Gasteiger partial charge in [0.2, 0.25) is 0 Å². The molecule has 1 unspecified atom stereocenters. The van der Waals surface area contributed by atoms with Gasteiger partial charge in [0.15, 0.2) is 0 Å². The molecule has 2 heterocycles. The van der Waals surface area contributed by atoms with Crippen LogP contribution in [0.5, 0.6) is 5.75 Å². The van der Waals surface area contributed by atoms with E-state index in [9.17, 15) is 5.11 Å². The molecular weight excluding hydrogens is 388 g/mol. The first-order valence-electron chi connectivity index (χ1n) is 10.2. The zero-order valence-corrected chi connectivity index (χ0v) is 17.7. The molecule has 0 radical (unpaired) electrons. The van der Waals surface area contributed by atoms with Gasteiger partial charge >= 0.3 is 0 Å². The van der Waals surface area contributed by atoms with Crippen LogP contribution in [-0.2, 0) is 16.9 Å². The smallest absolute Gasteiger partial charge is 0.119 e. The van der Waals surface area contributed by atoms with E-state index in [2.05, 4.69) is 21.9 Å². The average molecular weight is 419 g/mol. The highest BCUT2D eigenvalue weighted by Gasteiger charge is 2.37. The molecule has 2 aliphatic heterocycles. The number of rotatable bonds is 7. The van der Waals surface area contributed by atoms with Gasteiger partial charge in [-0.15, -0.1) is 12.4 Å². The second-order valence-electron chi connectivity index (χ2n) is 7.80. The summed E-state index contributed by atoms with van der Waals surface area (Å²) in [6, 6.07) is 18.4. The van der Waals surface area contributed by atoms with Crippen molar-refractivity contribution in [3.8, 4) is 5.75 Å². The highest BCUT2D eigenvalue weighted by molar-refractivity contribution is 5.85. The summed E-state index contributed by atoms with van der Waals surface area (Å²) in [6.07, 6.45) is 0.778. The number of ether oxygens (including phenoxy) is 2. The Labute approximate surface area is 179 Å². The molecule has 0 amide bonds. The van der Waals surface area contributed by atoms with Crippen molar-refractivity contribution in [3.05, 3.63) is 65.7 Å². The van der Waals surface area contributed by atoms with Crippen LogP contribution in [0.2, 0.25) is 0 Å². The van der Waals surface area contributed by atoms with Gasteiger partial charge in [-0.05, 0) is 29.7 Å². The largest absolute Gasteiger partial charge is 0.492 e. The number of halogens is 1. The lowest BCUT2D eigenvalue weighted by atomic mass is 9.93. The predicted octanol–water partition coefficient (Wildman–Crippen LogP) is 2.91. The van der Waals surface area contributed by atoms with Crippen molar-refractivity contribution in [2.24, 2.45) is 0 Å². The van der Waals surface area contributed by atoms with Crippen molar-refractivity contribution in [3.63, 3.8) is 0 Å². The van der Waals surface area contributed by atoms with Gasteiger partial charge in [0.1, 0.15) is 18.0 Å². The fourth-order valence-electron chi connectivity index (χ4n) is 4.06. The van der Waals surface area contributed by atoms with E-state index < -0.39 is 5.60 Å². The number of nitrogens with zero attached hydrogens (tertiary/aromatic N) is 2. The van der Waals surface area contributed by atoms with Crippen LogP contribution in [0.1, 0.15) is 17.5 Å². The molecule has 0 saturated carbocycles. The van der Waals surface area contributed by atoms with Crippen molar-refractivity contribution in [2.45, 2.75) is 18.6 Å². The Morgan fingerprint density at radius 3 is 2.38 bits per heavy atom. The van der Waals surface area contributed by atoms with Gasteiger partial charge in [-0.3, -0.25) is 9.80 Å². The first-order valence-corrected chi connectivity index (χ1v) is 10.2. The SMILES string of the molecule is Cl.OC1(c2ccccc2)CCN(Cc2ccc(OCCN3CCOCC3)cc2)C1. The van der Waals surface area contributed by atoms with E-state index in [1.165, 1.54) is 5.56 Å². The Bertz CT molecular complexity index is 738. The molecule has 4 rings (SSSR count). The van der Waals surface area contributed by atoms with Gasteiger partial charge in [0, 0.05) is 39.3 Å². The number of benzene rings is 2. The maximum atomic E-state index is 11.0. The summed E-state index contributed by atoms with van der Waals surface area (Å²) in [7, 11) is 0. The third kappa shape index (κ3) is 5.93. The lowest BCUT2D eigenvalue weighted by molar-refractivity contribution is 0.0322. The van der Waals surface area contributed by atoms with Gasteiger partial charge in [0.05, 0.1) is 13.2 Å². The van der Waals surface area contributed by atoms with Crippen LogP contribution in [0.3, 0.4) is 0 Å². The molecular formula is C23H31ClN2O3. The normalized spacial score (nSPS) is 22.9. The maximum Gasteiger partial charge on any atom is 0.119 e. The van der Waals surface area contributed by atoms with Gasteiger partial charge in [-0.25, -0.2) is 0 Å². The molecule has 5 nitrogen and oxygen atoms in total. The van der Waals surface area contributed by atoms with Crippen LogP contribution in [-0.4, -0.2) is 67.5 Å². The zero-order valence-electron chi connectivity index (χ0n) is 16.8. The van der Waals surface area contributed by atoms with Crippen LogP contribution in [0.15, 0.2) is 54.6 Å². The lowest BCUT2D eigenvalue weighted by Gasteiger charge is -2.26. The molecule has 2 saturated heterocycles. The third-order valence-corrected chi connectivity index (χ3v) is 5.75. The molecule has 6 heteroatoms. The standard InChI is InChI=1S/C23H30N2O3.ClH/c26-23(21-4-2-1-3-5-21)10-11-25(19-23)18-20-6-8-22(9-7-20)28-17-14-24-12-15-27-16-13-24;/h1-9,26H,10-19H2;1H. The van der Waals surface area contributed by atoms with Crippen LogP contribution in [0, 0.1) is 0 Å². The van der Waals surface area contributed by atoms with Gasteiger partial charge < -0.3 is 14.6 Å². The molecule has 1 atom stereocenters. The first kappa shape index (κ1) is 22.1. The van der Waals surface area contributed by atoms with Crippen molar-refractivity contribution in [1.29, 1.82) is 0 Å². The number of aliphatic hydroxyl groups is 1. The number of morpholine rings is 1. The number of likely N-dealkylation sites (tertiary alicyclic amines) is 1. The monoisotopic (exact) mass is 418 g/mol. The predicted molar refractivity (Wildman–Crippen MR) is 117 cm³/mol. The average Bonchev–Trinajstić information content (AvgIpc) is 3.13. The van der Waals surface area contributed by atoms with Crippen molar-refractivity contribution in [2.75, 3.05) is 52.5 Å². The van der Waals surface area contributed by atoms with E-state index in [0.29, 0.717) is 13.2 Å². The molecule has 2 fully saturated rings. The van der Waals surface area contributed by atoms with E-state index in [-0.39, 0.29) is 12.4 Å². The molecule has 0 spiro atoms. The fourth-order valence-corrected chi connectivity index (χ4v) is 4.06. The molecule has 29 heavy (non-hydrogen) atoms. The second kappa shape index (κ2) is 10.4. The van der Waals surface area contributed by atoms with E-state index >= 15 is 0 Å². The minimum Gasteiger partial charge on any atom is -0.492 e. The first-order chi connectivity index (χ1) is 13.7. The summed E-state index contributed by atoms with van der Waals surface area (Å²) in [5.41, 5.74) is 1.53. The Morgan fingerprint density at radius 1 is 0.931 bits per heavy atom. The highest BCUT2D eigenvalue weighted by atomic mass is 35.5. The summed E-state index contributed by atoms with van der Waals surface area (Å²) in [5.74, 6) is 0.916. The number of β-amino-alcohol motifs (C(OH)–C–C–N with tert-alkyl or cyclic N) is 1. The molecule has 0 aromatic heterocycles. The summed E-state index contributed by atoms with van der Waals surface area (Å²) in [4.78, 5) is 4.69. The lowest BCUT2D eigenvalue weighted by Crippen LogP contribution is -2.38. The fraction of sp³-hybridized carbons (Fsp3) is 0.478. The minimum atomic E-state index is -0.732.